The molecular weight excluding hydrogens is 202 g/mol. The lowest BCUT2D eigenvalue weighted by Crippen LogP contribution is -2.28. The van der Waals surface area contributed by atoms with Gasteiger partial charge >= 0.3 is 0 Å². The minimum absolute atomic E-state index is 0.123. The smallest absolute Gasteiger partial charge is 0.242 e. The number of aromatic nitrogens is 2. The number of aryl methyl sites for hydroxylation is 1. The molecule has 1 atom stereocenters. The maximum Gasteiger partial charge on any atom is 0.242 e. The zero-order valence-electron chi connectivity index (χ0n) is 7.90. The fourth-order valence-electron chi connectivity index (χ4n) is 1.22. The highest BCUT2D eigenvalue weighted by molar-refractivity contribution is 6.30. The van der Waals surface area contributed by atoms with Gasteiger partial charge in [0.2, 0.25) is 5.91 Å². The summed E-state index contributed by atoms with van der Waals surface area (Å²) >= 11 is 5.98. The summed E-state index contributed by atoms with van der Waals surface area (Å²) in [5, 5.41) is 6.20. The lowest BCUT2D eigenvalue weighted by molar-refractivity contribution is -0.121. The summed E-state index contributed by atoms with van der Waals surface area (Å²) in [4.78, 5) is 11.5. The average Bonchev–Trinajstić information content (AvgIpc) is 2.85. The highest BCUT2D eigenvalue weighted by atomic mass is 35.5. The number of alkyl halides is 1. The molecule has 1 heterocycles. The van der Waals surface area contributed by atoms with Crippen molar-refractivity contribution in [2.24, 2.45) is 7.05 Å². The molecule has 1 unspecified atom stereocenters. The molecule has 0 aliphatic heterocycles. The van der Waals surface area contributed by atoms with Crippen LogP contribution in [-0.2, 0) is 11.8 Å². The summed E-state index contributed by atoms with van der Waals surface area (Å²) in [7, 11) is 1.80. The molecular formula is C9H12ClN3O. The quantitative estimate of drug-likeness (QED) is 0.761. The summed E-state index contributed by atoms with van der Waals surface area (Å²) in [6.45, 7) is 0. The fourth-order valence-corrected chi connectivity index (χ4v) is 1.40. The molecule has 1 amide bonds. The summed E-state index contributed by atoms with van der Waals surface area (Å²) in [6.07, 6.45) is 5.51. The lowest BCUT2D eigenvalue weighted by Gasteiger charge is -2.07. The maximum atomic E-state index is 11.5. The van der Waals surface area contributed by atoms with Crippen molar-refractivity contribution in [3.05, 3.63) is 18.0 Å². The minimum atomic E-state index is -0.621. The van der Waals surface area contributed by atoms with Gasteiger partial charge in [-0.25, -0.2) is 0 Å². The van der Waals surface area contributed by atoms with E-state index in [2.05, 4.69) is 10.4 Å². The van der Waals surface area contributed by atoms with Crippen LogP contribution in [0.15, 0.2) is 12.4 Å². The fraction of sp³-hybridized carbons (Fsp3) is 0.556. The standard InChI is InChI=1S/C9H12ClN3O/c1-13-5-6(4-11-13)8(10)9(14)12-7-2-3-7/h4-5,7-8H,2-3H2,1H3,(H,12,14). The van der Waals surface area contributed by atoms with Crippen molar-refractivity contribution in [1.29, 1.82) is 0 Å². The number of amides is 1. The van der Waals surface area contributed by atoms with Crippen LogP contribution in [-0.4, -0.2) is 21.7 Å². The maximum absolute atomic E-state index is 11.5. The number of hydrogen-bond donors (Lipinski definition) is 1. The van der Waals surface area contributed by atoms with E-state index in [-0.39, 0.29) is 5.91 Å². The molecule has 0 radical (unpaired) electrons. The molecule has 76 valence electrons. The van der Waals surface area contributed by atoms with Gasteiger partial charge in [0, 0.05) is 24.8 Å². The zero-order chi connectivity index (χ0) is 10.1. The molecule has 2 rings (SSSR count). The Morgan fingerprint density at radius 1 is 1.79 bits per heavy atom. The molecule has 0 saturated heterocycles. The van der Waals surface area contributed by atoms with Crippen molar-refractivity contribution in [1.82, 2.24) is 15.1 Å². The van der Waals surface area contributed by atoms with Gasteiger partial charge in [-0.1, -0.05) is 0 Å². The summed E-state index contributed by atoms with van der Waals surface area (Å²) in [5.74, 6) is -0.123. The van der Waals surface area contributed by atoms with Crippen molar-refractivity contribution in [3.8, 4) is 0 Å². The SMILES string of the molecule is Cn1cc(C(Cl)C(=O)NC2CC2)cn1. The number of hydrogen-bond acceptors (Lipinski definition) is 2. The molecule has 4 nitrogen and oxygen atoms in total. The molecule has 1 saturated carbocycles. The van der Waals surface area contributed by atoms with Gasteiger partial charge in [-0.15, -0.1) is 11.6 Å². The Hall–Kier alpha value is -1.03. The third kappa shape index (κ3) is 2.07. The van der Waals surface area contributed by atoms with E-state index in [4.69, 9.17) is 11.6 Å². The van der Waals surface area contributed by atoms with Crippen LogP contribution in [0.5, 0.6) is 0 Å². The third-order valence-corrected chi connectivity index (χ3v) is 2.62. The first-order chi connectivity index (χ1) is 6.66. The van der Waals surface area contributed by atoms with Crippen molar-refractivity contribution in [3.63, 3.8) is 0 Å². The zero-order valence-corrected chi connectivity index (χ0v) is 8.66. The number of rotatable bonds is 3. The molecule has 5 heteroatoms. The van der Waals surface area contributed by atoms with Gasteiger partial charge in [0.25, 0.3) is 0 Å². The minimum Gasteiger partial charge on any atom is -0.352 e. The van der Waals surface area contributed by atoms with Gasteiger partial charge in [-0.2, -0.15) is 5.10 Å². The largest absolute Gasteiger partial charge is 0.352 e. The van der Waals surface area contributed by atoms with Crippen LogP contribution in [0.1, 0.15) is 23.8 Å². The van der Waals surface area contributed by atoms with E-state index in [9.17, 15) is 4.79 Å². The number of carbonyl (C=O) groups excluding carboxylic acids is 1. The van der Waals surface area contributed by atoms with Crippen LogP contribution >= 0.6 is 11.6 Å². The Labute approximate surface area is 87.2 Å². The number of halogens is 1. The second kappa shape index (κ2) is 3.61. The number of nitrogens with one attached hydrogen (secondary N) is 1. The Kier molecular flexibility index (Phi) is 2.46. The van der Waals surface area contributed by atoms with Gasteiger partial charge in [0.1, 0.15) is 5.38 Å². The predicted molar refractivity (Wildman–Crippen MR) is 53.0 cm³/mol. The Morgan fingerprint density at radius 3 is 3.00 bits per heavy atom. The van der Waals surface area contributed by atoms with E-state index in [1.54, 1.807) is 24.1 Å². The number of nitrogens with zero attached hydrogens (tertiary/aromatic N) is 2. The van der Waals surface area contributed by atoms with E-state index in [1.165, 1.54) is 0 Å². The highest BCUT2D eigenvalue weighted by Crippen LogP contribution is 2.24. The van der Waals surface area contributed by atoms with E-state index in [0.29, 0.717) is 6.04 Å². The van der Waals surface area contributed by atoms with Gasteiger partial charge in [0.15, 0.2) is 0 Å². The summed E-state index contributed by atoms with van der Waals surface area (Å²) in [5.41, 5.74) is 0.743. The molecule has 1 aliphatic rings. The van der Waals surface area contributed by atoms with Crippen LogP contribution in [0, 0.1) is 0 Å². The highest BCUT2D eigenvalue weighted by Gasteiger charge is 2.27. The van der Waals surface area contributed by atoms with E-state index in [0.717, 1.165) is 18.4 Å². The molecule has 1 aromatic rings. The van der Waals surface area contributed by atoms with E-state index >= 15 is 0 Å². The summed E-state index contributed by atoms with van der Waals surface area (Å²) < 4.78 is 1.63. The van der Waals surface area contributed by atoms with Gasteiger partial charge in [0.05, 0.1) is 6.20 Å². The lowest BCUT2D eigenvalue weighted by atomic mass is 10.2. The van der Waals surface area contributed by atoms with Crippen LogP contribution in [0.25, 0.3) is 0 Å². The number of carbonyl (C=O) groups is 1. The molecule has 0 aromatic carbocycles. The van der Waals surface area contributed by atoms with E-state index in [1.807, 2.05) is 0 Å². The second-order valence-corrected chi connectivity index (χ2v) is 4.03. The predicted octanol–water partition coefficient (Wildman–Crippen LogP) is 0.979. The third-order valence-electron chi connectivity index (χ3n) is 2.17. The average molecular weight is 214 g/mol. The Balaban J connectivity index is 1.99. The van der Waals surface area contributed by atoms with Crippen LogP contribution in [0.2, 0.25) is 0 Å². The van der Waals surface area contributed by atoms with Crippen molar-refractivity contribution in [2.45, 2.75) is 24.3 Å². The first kappa shape index (κ1) is 9.52. The normalized spacial score (nSPS) is 17.9. The van der Waals surface area contributed by atoms with Gasteiger partial charge in [-0.05, 0) is 12.8 Å². The van der Waals surface area contributed by atoms with Gasteiger partial charge in [-0.3, -0.25) is 9.48 Å². The van der Waals surface area contributed by atoms with E-state index < -0.39 is 5.38 Å². The first-order valence-corrected chi connectivity index (χ1v) is 5.03. The van der Waals surface area contributed by atoms with Crippen LogP contribution in [0.3, 0.4) is 0 Å². The molecule has 14 heavy (non-hydrogen) atoms. The van der Waals surface area contributed by atoms with Crippen LogP contribution < -0.4 is 5.32 Å². The molecule has 1 aliphatic carbocycles. The van der Waals surface area contributed by atoms with Crippen molar-refractivity contribution < 1.29 is 4.79 Å². The Bertz CT molecular complexity index is 346. The van der Waals surface area contributed by atoms with Crippen molar-refractivity contribution in [2.75, 3.05) is 0 Å². The van der Waals surface area contributed by atoms with Gasteiger partial charge < -0.3 is 5.32 Å². The van der Waals surface area contributed by atoms with Crippen molar-refractivity contribution >= 4 is 17.5 Å². The molecule has 0 spiro atoms. The molecule has 1 fully saturated rings. The monoisotopic (exact) mass is 213 g/mol. The Morgan fingerprint density at radius 2 is 2.50 bits per heavy atom. The molecule has 0 bridgehead atoms. The first-order valence-electron chi connectivity index (χ1n) is 4.60. The van der Waals surface area contributed by atoms with Crippen LogP contribution in [0.4, 0.5) is 0 Å². The molecule has 1 aromatic heterocycles. The second-order valence-electron chi connectivity index (χ2n) is 3.59. The molecule has 1 N–H and O–H groups in total. The topological polar surface area (TPSA) is 46.9 Å². The summed E-state index contributed by atoms with van der Waals surface area (Å²) in [6, 6.07) is 0.348.